The highest BCUT2D eigenvalue weighted by atomic mass is 19.4. The van der Waals surface area contributed by atoms with Gasteiger partial charge in [0.25, 0.3) is 0 Å². The number of rotatable bonds is 4. The van der Waals surface area contributed by atoms with Gasteiger partial charge in [0.15, 0.2) is 0 Å². The molecule has 0 saturated carbocycles. The van der Waals surface area contributed by atoms with Crippen LogP contribution in [0.1, 0.15) is 13.3 Å². The molecule has 0 spiro atoms. The largest absolute Gasteiger partial charge is 0.492 e. The quantitative estimate of drug-likeness (QED) is 0.612. The maximum Gasteiger partial charge on any atom is 0.492 e. The van der Waals surface area contributed by atoms with Gasteiger partial charge >= 0.3 is 6.98 Å². The summed E-state index contributed by atoms with van der Waals surface area (Å²) in [5.74, 6) is 0. The minimum absolute atomic E-state index is 0.128. The van der Waals surface area contributed by atoms with E-state index in [4.69, 9.17) is 5.26 Å². The lowest BCUT2D eigenvalue weighted by Crippen LogP contribution is -2.40. The van der Waals surface area contributed by atoms with E-state index in [1.165, 1.54) is 7.05 Å². The maximum atomic E-state index is 11.8. The molecular weight excluding hydrogens is 168 g/mol. The van der Waals surface area contributed by atoms with E-state index in [1.807, 2.05) is 6.07 Å². The van der Waals surface area contributed by atoms with Crippen molar-refractivity contribution < 1.29 is 12.9 Å². The lowest BCUT2D eigenvalue weighted by Gasteiger charge is -2.27. The van der Waals surface area contributed by atoms with Crippen LogP contribution in [0.5, 0.6) is 0 Å². The Kier molecular flexibility index (Phi) is 4.11. The van der Waals surface area contributed by atoms with Gasteiger partial charge in [-0.15, -0.1) is 0 Å². The molecule has 0 saturated heterocycles. The van der Waals surface area contributed by atoms with Crippen LogP contribution in [-0.2, 0) is 0 Å². The van der Waals surface area contributed by atoms with Crippen LogP contribution in [-0.4, -0.2) is 31.4 Å². The van der Waals surface area contributed by atoms with Gasteiger partial charge in [0.1, 0.15) is 0 Å². The van der Waals surface area contributed by atoms with Crippen LogP contribution < -0.4 is 0 Å². The summed E-state index contributed by atoms with van der Waals surface area (Å²) in [5.41, 5.74) is 0. The van der Waals surface area contributed by atoms with E-state index in [2.05, 4.69) is 0 Å². The Balaban J connectivity index is 3.88. The predicted molar refractivity (Wildman–Crippen MR) is 41.4 cm³/mol. The molecule has 0 aliphatic rings. The van der Waals surface area contributed by atoms with Crippen molar-refractivity contribution in [3.8, 4) is 6.07 Å². The highest BCUT2D eigenvalue weighted by molar-refractivity contribution is 6.58. The summed E-state index contributed by atoms with van der Waals surface area (Å²) in [7, 11) is 1.37. The standard InChI is InChI=1S/C6H11BF3N2/c1-6(3-4-11)12(2)5-7(8,9)10/h6H,3,5H2,1-2H3/q-1. The van der Waals surface area contributed by atoms with E-state index in [0.29, 0.717) is 0 Å². The summed E-state index contributed by atoms with van der Waals surface area (Å²) in [4.78, 5) is 1.14. The van der Waals surface area contributed by atoms with Gasteiger partial charge in [-0.05, 0) is 20.4 Å². The fourth-order valence-corrected chi connectivity index (χ4v) is 0.794. The molecule has 12 heavy (non-hydrogen) atoms. The maximum absolute atomic E-state index is 11.8. The molecule has 0 N–H and O–H groups in total. The zero-order valence-electron chi connectivity index (χ0n) is 7.10. The van der Waals surface area contributed by atoms with Crippen LogP contribution in [0.2, 0.25) is 0 Å². The van der Waals surface area contributed by atoms with E-state index in [0.717, 1.165) is 4.90 Å². The zero-order valence-corrected chi connectivity index (χ0v) is 7.10. The minimum atomic E-state index is -4.77. The summed E-state index contributed by atoms with van der Waals surface area (Å²) in [5, 5.41) is 8.23. The Morgan fingerprint density at radius 2 is 2.00 bits per heavy atom. The lowest BCUT2D eigenvalue weighted by molar-refractivity contribution is 0.266. The summed E-state index contributed by atoms with van der Waals surface area (Å²) in [6, 6.07) is 1.50. The van der Waals surface area contributed by atoms with Crippen molar-refractivity contribution in [3.63, 3.8) is 0 Å². The monoisotopic (exact) mass is 179 g/mol. The highest BCUT2D eigenvalue weighted by Gasteiger charge is 2.26. The van der Waals surface area contributed by atoms with E-state index >= 15 is 0 Å². The van der Waals surface area contributed by atoms with Crippen LogP contribution in [0.4, 0.5) is 12.9 Å². The molecular formula is C6H11BF3N2-. The van der Waals surface area contributed by atoms with Gasteiger partial charge in [-0.25, -0.2) is 0 Å². The third-order valence-corrected chi connectivity index (χ3v) is 1.63. The molecule has 0 fully saturated rings. The van der Waals surface area contributed by atoms with Crippen molar-refractivity contribution in [3.05, 3.63) is 0 Å². The van der Waals surface area contributed by atoms with E-state index in [-0.39, 0.29) is 12.5 Å². The first-order valence-corrected chi connectivity index (χ1v) is 3.65. The molecule has 0 heterocycles. The molecule has 0 amide bonds. The molecule has 0 aliphatic carbocycles. The lowest BCUT2D eigenvalue weighted by atomic mass is 9.90. The third kappa shape index (κ3) is 5.02. The van der Waals surface area contributed by atoms with Crippen LogP contribution in [0.3, 0.4) is 0 Å². The van der Waals surface area contributed by atoms with Crippen molar-refractivity contribution in [2.75, 3.05) is 13.5 Å². The average Bonchev–Trinajstić information content (AvgIpc) is 1.84. The molecule has 0 aromatic heterocycles. The van der Waals surface area contributed by atoms with Gasteiger partial charge in [-0.3, -0.25) is 0 Å². The van der Waals surface area contributed by atoms with Gasteiger partial charge < -0.3 is 17.8 Å². The first kappa shape index (κ1) is 11.3. The number of hydrogen-bond donors (Lipinski definition) is 0. The normalized spacial score (nSPS) is 14.4. The second-order valence-electron chi connectivity index (χ2n) is 2.86. The van der Waals surface area contributed by atoms with Crippen molar-refractivity contribution >= 4 is 6.98 Å². The molecule has 1 atom stereocenters. The summed E-state index contributed by atoms with van der Waals surface area (Å²) in [6.07, 6.45) is -0.772. The molecule has 0 aromatic rings. The predicted octanol–water partition coefficient (Wildman–Crippen LogP) is 1.61. The number of hydrogen-bond acceptors (Lipinski definition) is 2. The van der Waals surface area contributed by atoms with Crippen molar-refractivity contribution in [1.82, 2.24) is 4.90 Å². The smallest absolute Gasteiger partial charge is 0.448 e. The number of nitrogens with zero attached hydrogens (tertiary/aromatic N) is 2. The second kappa shape index (κ2) is 4.36. The first-order chi connectivity index (χ1) is 5.37. The van der Waals surface area contributed by atoms with Gasteiger partial charge in [-0.1, -0.05) is 0 Å². The van der Waals surface area contributed by atoms with Gasteiger partial charge in [0.05, 0.1) is 12.5 Å². The highest BCUT2D eigenvalue weighted by Crippen LogP contribution is 2.12. The van der Waals surface area contributed by atoms with Crippen molar-refractivity contribution in [2.24, 2.45) is 0 Å². The number of nitriles is 1. The summed E-state index contributed by atoms with van der Waals surface area (Å²) in [6.45, 7) is -3.17. The Bertz CT molecular complexity index is 175. The SMILES string of the molecule is CC(CC#N)N(C)C[B-](F)(F)F. The fourth-order valence-electron chi connectivity index (χ4n) is 0.794. The molecule has 0 aromatic carbocycles. The Hall–Kier alpha value is -0.695. The topological polar surface area (TPSA) is 27.0 Å². The minimum Gasteiger partial charge on any atom is -0.448 e. The van der Waals surface area contributed by atoms with Crippen LogP contribution in [0.25, 0.3) is 0 Å². The van der Waals surface area contributed by atoms with Crippen LogP contribution in [0, 0.1) is 11.3 Å². The zero-order chi connectivity index (χ0) is 9.78. The van der Waals surface area contributed by atoms with Crippen LogP contribution in [0.15, 0.2) is 0 Å². The van der Waals surface area contributed by atoms with E-state index < -0.39 is 13.4 Å². The molecule has 1 unspecified atom stereocenters. The number of halogens is 3. The van der Waals surface area contributed by atoms with Gasteiger partial charge in [0.2, 0.25) is 0 Å². The molecule has 2 nitrogen and oxygen atoms in total. The third-order valence-electron chi connectivity index (χ3n) is 1.63. The Morgan fingerprint density at radius 1 is 1.50 bits per heavy atom. The van der Waals surface area contributed by atoms with Gasteiger partial charge in [0, 0.05) is 6.04 Å². The average molecular weight is 179 g/mol. The molecule has 70 valence electrons. The fraction of sp³-hybridized carbons (Fsp3) is 0.833. The molecule has 0 rings (SSSR count). The van der Waals surface area contributed by atoms with Gasteiger partial charge in [-0.2, -0.15) is 5.26 Å². The van der Waals surface area contributed by atoms with Crippen LogP contribution >= 0.6 is 0 Å². The summed E-state index contributed by atoms with van der Waals surface area (Å²) < 4.78 is 35.5. The van der Waals surface area contributed by atoms with E-state index in [9.17, 15) is 12.9 Å². The second-order valence-corrected chi connectivity index (χ2v) is 2.86. The molecule has 0 radical (unpaired) electrons. The molecule has 0 aliphatic heterocycles. The summed E-state index contributed by atoms with van der Waals surface area (Å²) >= 11 is 0. The first-order valence-electron chi connectivity index (χ1n) is 3.65. The van der Waals surface area contributed by atoms with Crippen molar-refractivity contribution in [2.45, 2.75) is 19.4 Å². The Labute approximate surface area is 70.0 Å². The van der Waals surface area contributed by atoms with Crippen molar-refractivity contribution in [1.29, 1.82) is 5.26 Å². The van der Waals surface area contributed by atoms with E-state index in [1.54, 1.807) is 6.92 Å². The molecule has 0 bridgehead atoms. The molecule has 6 heteroatoms. The Morgan fingerprint density at radius 3 is 2.33 bits per heavy atom.